The van der Waals surface area contributed by atoms with Gasteiger partial charge in [0.25, 0.3) is 0 Å². The number of nitrogens with zero attached hydrogens (tertiary/aromatic N) is 6. The molecular weight excluding hydrogens is 497 g/mol. The summed E-state index contributed by atoms with van der Waals surface area (Å²) < 4.78 is 45.3. The summed E-state index contributed by atoms with van der Waals surface area (Å²) in [6.07, 6.45) is -0.993. The number of hydrogen-bond donors (Lipinski definition) is 2. The smallest absolute Gasteiger partial charge is 0.370 e. The van der Waals surface area contributed by atoms with Crippen molar-refractivity contribution in [3.8, 4) is 22.6 Å². The zero-order valence-electron chi connectivity index (χ0n) is 18.8. The summed E-state index contributed by atoms with van der Waals surface area (Å²) in [5.74, 6) is 0.883. The number of hydrogen-bond acceptors (Lipinski definition) is 6. The van der Waals surface area contributed by atoms with Gasteiger partial charge < -0.3 is 15.2 Å². The number of halogens is 4. The number of nitrogens with one attached hydrogen (secondary N) is 1. The molecule has 36 heavy (non-hydrogen) atoms. The molecular formula is C23H22ClF3N8O. The fraction of sp³-hybridized carbons (Fsp3) is 0.261. The monoisotopic (exact) mass is 518 g/mol. The third kappa shape index (κ3) is 5.18. The van der Waals surface area contributed by atoms with Crippen molar-refractivity contribution in [2.75, 3.05) is 6.54 Å². The second-order valence-corrected chi connectivity index (χ2v) is 8.27. The van der Waals surface area contributed by atoms with Crippen molar-refractivity contribution in [2.45, 2.75) is 31.6 Å². The summed E-state index contributed by atoms with van der Waals surface area (Å²) >= 11 is 0. The molecule has 3 heterocycles. The van der Waals surface area contributed by atoms with Crippen LogP contribution in [0, 0.1) is 5.41 Å². The summed E-state index contributed by atoms with van der Waals surface area (Å²) in [4.78, 5) is 6.24. The molecule has 2 aromatic heterocycles. The Balaban J connectivity index is 0.00000304. The van der Waals surface area contributed by atoms with Crippen LogP contribution in [0.2, 0.25) is 0 Å². The van der Waals surface area contributed by atoms with Crippen LogP contribution in [0.4, 0.5) is 13.2 Å². The Bertz CT molecular complexity index is 1330. The van der Waals surface area contributed by atoms with Gasteiger partial charge in [-0.1, -0.05) is 46.8 Å². The third-order valence-electron chi connectivity index (χ3n) is 5.89. The quantitative estimate of drug-likeness (QED) is 0.294. The lowest BCUT2D eigenvalue weighted by Crippen LogP contribution is -2.35. The molecule has 0 spiro atoms. The van der Waals surface area contributed by atoms with Gasteiger partial charge in [-0.15, -0.1) is 17.5 Å². The normalized spacial score (nSPS) is 15.6. The second-order valence-electron chi connectivity index (χ2n) is 8.27. The summed E-state index contributed by atoms with van der Waals surface area (Å²) in [7, 11) is 0. The van der Waals surface area contributed by atoms with Gasteiger partial charge in [-0.3, -0.25) is 5.41 Å². The molecule has 0 unspecified atom stereocenters. The molecule has 0 radical (unpaired) electrons. The van der Waals surface area contributed by atoms with Crippen molar-refractivity contribution in [1.29, 1.82) is 5.41 Å². The van der Waals surface area contributed by atoms with Gasteiger partial charge >= 0.3 is 6.18 Å². The molecule has 4 aromatic rings. The number of nitrogens with two attached hydrogens (primary N) is 1. The highest BCUT2D eigenvalue weighted by molar-refractivity contribution is 5.85. The highest BCUT2D eigenvalue weighted by Crippen LogP contribution is 2.32. The predicted octanol–water partition coefficient (Wildman–Crippen LogP) is 4.51. The number of aromatic nitrogens is 5. The molecule has 3 N–H and O–H groups in total. The van der Waals surface area contributed by atoms with Crippen molar-refractivity contribution in [3.63, 3.8) is 0 Å². The summed E-state index contributed by atoms with van der Waals surface area (Å²) in [5.41, 5.74) is 7.70. The molecule has 2 aromatic carbocycles. The van der Waals surface area contributed by atoms with Crippen molar-refractivity contribution >= 4 is 18.4 Å². The van der Waals surface area contributed by atoms with Crippen LogP contribution >= 0.6 is 12.4 Å². The molecule has 188 valence electrons. The largest absolute Gasteiger partial charge is 0.416 e. The van der Waals surface area contributed by atoms with Gasteiger partial charge in [0.15, 0.2) is 5.96 Å². The molecule has 1 saturated heterocycles. The van der Waals surface area contributed by atoms with E-state index < -0.39 is 11.7 Å². The van der Waals surface area contributed by atoms with E-state index in [2.05, 4.69) is 20.5 Å². The van der Waals surface area contributed by atoms with Crippen molar-refractivity contribution in [2.24, 2.45) is 5.73 Å². The SMILES string of the molecule is Cl.N=C(N)N1CCC[C@H]1c1nc(-c2ccc(Cn3cc(-c4ccc(C(F)(F)F)cc4)nn3)cc2)no1. The van der Waals surface area contributed by atoms with Gasteiger partial charge in [0.05, 0.1) is 18.3 Å². The predicted molar refractivity (Wildman–Crippen MR) is 127 cm³/mol. The van der Waals surface area contributed by atoms with E-state index in [-0.39, 0.29) is 24.4 Å². The Hall–Kier alpha value is -3.93. The van der Waals surface area contributed by atoms with Gasteiger partial charge in [-0.05, 0) is 30.5 Å². The molecule has 13 heteroatoms. The Kier molecular flexibility index (Phi) is 6.97. The van der Waals surface area contributed by atoms with Crippen LogP contribution in [0.1, 0.15) is 35.9 Å². The van der Waals surface area contributed by atoms with E-state index in [1.807, 2.05) is 24.3 Å². The number of guanidine groups is 1. The number of rotatable bonds is 5. The highest BCUT2D eigenvalue weighted by atomic mass is 35.5. The molecule has 9 nitrogen and oxygen atoms in total. The van der Waals surface area contributed by atoms with Crippen LogP contribution in [0.15, 0.2) is 59.3 Å². The maximum Gasteiger partial charge on any atom is 0.416 e. The van der Waals surface area contributed by atoms with Gasteiger partial charge in [-0.2, -0.15) is 18.2 Å². The van der Waals surface area contributed by atoms with E-state index in [4.69, 9.17) is 15.7 Å². The van der Waals surface area contributed by atoms with Gasteiger partial charge in [0.2, 0.25) is 11.7 Å². The Morgan fingerprint density at radius 3 is 2.44 bits per heavy atom. The van der Waals surface area contributed by atoms with Crippen LogP contribution in [0.3, 0.4) is 0 Å². The van der Waals surface area contributed by atoms with E-state index in [1.54, 1.807) is 15.8 Å². The second kappa shape index (κ2) is 9.97. The molecule has 1 atom stereocenters. The zero-order chi connectivity index (χ0) is 24.6. The van der Waals surface area contributed by atoms with Crippen LogP contribution < -0.4 is 5.73 Å². The first-order valence-electron chi connectivity index (χ1n) is 10.9. The Morgan fingerprint density at radius 2 is 1.78 bits per heavy atom. The molecule has 1 aliphatic heterocycles. The Morgan fingerprint density at radius 1 is 1.08 bits per heavy atom. The van der Waals surface area contributed by atoms with Crippen molar-refractivity contribution in [3.05, 3.63) is 71.7 Å². The van der Waals surface area contributed by atoms with E-state index >= 15 is 0 Å². The maximum atomic E-state index is 12.8. The van der Waals surface area contributed by atoms with Gasteiger partial charge in [0.1, 0.15) is 11.7 Å². The van der Waals surface area contributed by atoms with E-state index in [0.29, 0.717) is 36.1 Å². The van der Waals surface area contributed by atoms with Crippen LogP contribution in [-0.2, 0) is 12.7 Å². The van der Waals surface area contributed by atoms with Gasteiger partial charge in [-0.25, -0.2) is 4.68 Å². The summed E-state index contributed by atoms with van der Waals surface area (Å²) in [5, 5.41) is 19.9. The number of likely N-dealkylation sites (tertiary alicyclic amines) is 1. The fourth-order valence-electron chi connectivity index (χ4n) is 4.08. The topological polar surface area (TPSA) is 123 Å². The zero-order valence-corrected chi connectivity index (χ0v) is 19.6. The highest BCUT2D eigenvalue weighted by Gasteiger charge is 2.32. The fourth-order valence-corrected chi connectivity index (χ4v) is 4.08. The lowest BCUT2D eigenvalue weighted by Gasteiger charge is -2.21. The number of alkyl halides is 3. The van der Waals surface area contributed by atoms with E-state index in [1.165, 1.54) is 12.1 Å². The third-order valence-corrected chi connectivity index (χ3v) is 5.89. The molecule has 0 aliphatic carbocycles. The Labute approximate surface area is 210 Å². The minimum Gasteiger partial charge on any atom is -0.370 e. The van der Waals surface area contributed by atoms with Crippen LogP contribution in [-0.4, -0.2) is 42.5 Å². The minimum atomic E-state index is -4.38. The average molecular weight is 519 g/mol. The molecule has 0 bridgehead atoms. The molecule has 0 amide bonds. The standard InChI is InChI=1S/C23H21F3N8O.ClH/c24-23(25,26)17-9-7-15(8-10-17)18-13-33(32-30-18)12-14-3-5-16(6-4-14)20-29-21(35-31-20)19-2-1-11-34(19)22(27)28;/h3-10,13,19H,1-2,11-12H2,(H3,27,28);1H/t19-;/m0./s1. The first kappa shape index (κ1) is 25.2. The maximum absolute atomic E-state index is 12.8. The molecule has 0 saturated carbocycles. The lowest BCUT2D eigenvalue weighted by atomic mass is 10.1. The molecule has 5 rings (SSSR count). The number of benzene rings is 2. The average Bonchev–Trinajstić information content (AvgIpc) is 3.59. The van der Waals surface area contributed by atoms with E-state index in [0.717, 1.165) is 36.1 Å². The first-order valence-corrected chi connectivity index (χ1v) is 10.9. The summed E-state index contributed by atoms with van der Waals surface area (Å²) in [6.45, 7) is 1.12. The molecule has 1 aliphatic rings. The van der Waals surface area contributed by atoms with Crippen LogP contribution in [0.5, 0.6) is 0 Å². The van der Waals surface area contributed by atoms with Gasteiger partial charge in [0, 0.05) is 17.7 Å². The minimum absolute atomic E-state index is 0. The van der Waals surface area contributed by atoms with Crippen molar-refractivity contribution < 1.29 is 17.7 Å². The lowest BCUT2D eigenvalue weighted by molar-refractivity contribution is -0.137. The first-order chi connectivity index (χ1) is 16.8. The molecule has 1 fully saturated rings. The van der Waals surface area contributed by atoms with E-state index in [9.17, 15) is 13.2 Å². The summed E-state index contributed by atoms with van der Waals surface area (Å²) in [6, 6.07) is 12.2. The van der Waals surface area contributed by atoms with Crippen molar-refractivity contribution in [1.82, 2.24) is 30.0 Å². The van der Waals surface area contributed by atoms with Crippen LogP contribution in [0.25, 0.3) is 22.6 Å².